The predicted molar refractivity (Wildman–Crippen MR) is 97.3 cm³/mol. The molecular weight excluding hydrogens is 349 g/mol. The number of amides is 1. The van der Waals surface area contributed by atoms with Crippen molar-refractivity contribution in [2.75, 3.05) is 18.9 Å². The van der Waals surface area contributed by atoms with Crippen LogP contribution in [0, 0.1) is 12.7 Å². The largest absolute Gasteiger partial charge is 0.492 e. The number of ether oxygens (including phenoxy) is 1. The highest BCUT2D eigenvalue weighted by atomic mass is 35.5. The van der Waals surface area contributed by atoms with Crippen LogP contribution in [0.1, 0.15) is 11.1 Å². The number of halogens is 2. The molecule has 0 heterocycles. The van der Waals surface area contributed by atoms with Crippen LogP contribution in [0.3, 0.4) is 0 Å². The SMILES string of the molecule is Cc1cccc(OCCNC(=O)CSCc2c(F)cccc2Cl)c1. The van der Waals surface area contributed by atoms with Gasteiger partial charge in [-0.2, -0.15) is 0 Å². The molecule has 2 aromatic rings. The summed E-state index contributed by atoms with van der Waals surface area (Å²) >= 11 is 7.27. The summed E-state index contributed by atoms with van der Waals surface area (Å²) in [5.41, 5.74) is 1.56. The van der Waals surface area contributed by atoms with E-state index in [1.54, 1.807) is 12.1 Å². The summed E-state index contributed by atoms with van der Waals surface area (Å²) in [6.07, 6.45) is 0. The van der Waals surface area contributed by atoms with E-state index in [0.29, 0.717) is 29.5 Å². The molecule has 128 valence electrons. The summed E-state index contributed by atoms with van der Waals surface area (Å²) in [5, 5.41) is 3.16. The molecule has 0 aromatic heterocycles. The first kappa shape index (κ1) is 18.6. The third kappa shape index (κ3) is 6.06. The van der Waals surface area contributed by atoms with Crippen molar-refractivity contribution in [3.05, 3.63) is 64.4 Å². The van der Waals surface area contributed by atoms with Crippen LogP contribution in [-0.2, 0) is 10.5 Å². The van der Waals surface area contributed by atoms with Crippen LogP contribution in [0.4, 0.5) is 4.39 Å². The van der Waals surface area contributed by atoms with Gasteiger partial charge in [-0.15, -0.1) is 11.8 Å². The topological polar surface area (TPSA) is 38.3 Å². The van der Waals surface area contributed by atoms with Gasteiger partial charge < -0.3 is 10.1 Å². The van der Waals surface area contributed by atoms with Gasteiger partial charge in [-0.05, 0) is 36.8 Å². The minimum absolute atomic E-state index is 0.111. The summed E-state index contributed by atoms with van der Waals surface area (Å²) in [4.78, 5) is 11.8. The average molecular weight is 368 g/mol. The Bertz CT molecular complexity index is 676. The molecule has 0 aliphatic carbocycles. The maximum absolute atomic E-state index is 13.6. The minimum Gasteiger partial charge on any atom is -0.492 e. The van der Waals surface area contributed by atoms with Crippen molar-refractivity contribution < 1.29 is 13.9 Å². The van der Waals surface area contributed by atoms with E-state index in [0.717, 1.165) is 11.3 Å². The lowest BCUT2D eigenvalue weighted by Crippen LogP contribution is -2.29. The molecular formula is C18H19ClFNO2S. The Morgan fingerprint density at radius 2 is 2.08 bits per heavy atom. The monoisotopic (exact) mass is 367 g/mol. The number of carbonyl (C=O) groups excluding carboxylic acids is 1. The van der Waals surface area contributed by atoms with Gasteiger partial charge in [0, 0.05) is 16.3 Å². The molecule has 3 nitrogen and oxygen atoms in total. The maximum Gasteiger partial charge on any atom is 0.230 e. The molecule has 2 aromatic carbocycles. The van der Waals surface area contributed by atoms with Gasteiger partial charge in [-0.25, -0.2) is 4.39 Å². The maximum atomic E-state index is 13.6. The van der Waals surface area contributed by atoms with Gasteiger partial charge in [-0.1, -0.05) is 29.8 Å². The molecule has 0 spiro atoms. The number of benzene rings is 2. The molecule has 0 unspecified atom stereocenters. The fourth-order valence-electron chi connectivity index (χ4n) is 2.03. The van der Waals surface area contributed by atoms with Gasteiger partial charge in [-0.3, -0.25) is 4.79 Å². The molecule has 0 aliphatic rings. The Kier molecular flexibility index (Phi) is 7.40. The van der Waals surface area contributed by atoms with E-state index in [4.69, 9.17) is 16.3 Å². The zero-order valence-corrected chi connectivity index (χ0v) is 14.9. The highest BCUT2D eigenvalue weighted by Crippen LogP contribution is 2.23. The molecule has 1 amide bonds. The van der Waals surface area contributed by atoms with E-state index in [9.17, 15) is 9.18 Å². The highest BCUT2D eigenvalue weighted by molar-refractivity contribution is 7.99. The second-order valence-electron chi connectivity index (χ2n) is 5.21. The number of hydrogen-bond acceptors (Lipinski definition) is 3. The van der Waals surface area contributed by atoms with E-state index < -0.39 is 0 Å². The fraction of sp³-hybridized carbons (Fsp3) is 0.278. The van der Waals surface area contributed by atoms with E-state index in [1.807, 2.05) is 31.2 Å². The molecule has 24 heavy (non-hydrogen) atoms. The van der Waals surface area contributed by atoms with Gasteiger partial charge in [0.2, 0.25) is 5.91 Å². The Labute approximate surface area is 150 Å². The van der Waals surface area contributed by atoms with Crippen molar-refractivity contribution in [1.29, 1.82) is 0 Å². The van der Waals surface area contributed by atoms with E-state index >= 15 is 0 Å². The van der Waals surface area contributed by atoms with Crippen molar-refractivity contribution in [2.45, 2.75) is 12.7 Å². The van der Waals surface area contributed by atoms with Crippen molar-refractivity contribution in [2.24, 2.45) is 0 Å². The van der Waals surface area contributed by atoms with Crippen LogP contribution in [0.15, 0.2) is 42.5 Å². The van der Waals surface area contributed by atoms with Crippen LogP contribution >= 0.6 is 23.4 Å². The summed E-state index contributed by atoms with van der Waals surface area (Å²) in [7, 11) is 0. The lowest BCUT2D eigenvalue weighted by atomic mass is 10.2. The third-order valence-electron chi connectivity index (χ3n) is 3.22. The lowest BCUT2D eigenvalue weighted by molar-refractivity contribution is -0.118. The zero-order valence-electron chi connectivity index (χ0n) is 13.4. The number of carbonyl (C=O) groups is 1. The fourth-order valence-corrected chi connectivity index (χ4v) is 3.23. The van der Waals surface area contributed by atoms with E-state index in [2.05, 4.69) is 5.32 Å². The molecule has 0 radical (unpaired) electrons. The van der Waals surface area contributed by atoms with Crippen molar-refractivity contribution >= 4 is 29.3 Å². The number of thioether (sulfide) groups is 1. The number of nitrogens with one attached hydrogen (secondary N) is 1. The first-order chi connectivity index (χ1) is 11.6. The quantitative estimate of drug-likeness (QED) is 0.710. The minimum atomic E-state index is -0.345. The Hall–Kier alpha value is -1.72. The molecule has 0 atom stereocenters. The number of rotatable bonds is 8. The average Bonchev–Trinajstić information content (AvgIpc) is 2.54. The van der Waals surface area contributed by atoms with Crippen molar-refractivity contribution in [3.8, 4) is 5.75 Å². The normalized spacial score (nSPS) is 10.5. The molecule has 6 heteroatoms. The lowest BCUT2D eigenvalue weighted by Gasteiger charge is -2.09. The van der Waals surface area contributed by atoms with Gasteiger partial charge in [0.05, 0.1) is 12.3 Å². The third-order valence-corrected chi connectivity index (χ3v) is 4.54. The molecule has 0 saturated carbocycles. The van der Waals surface area contributed by atoms with Crippen LogP contribution in [0.2, 0.25) is 5.02 Å². The molecule has 1 N–H and O–H groups in total. The summed E-state index contributed by atoms with van der Waals surface area (Å²) in [5.74, 6) is 0.934. The summed E-state index contributed by atoms with van der Waals surface area (Å²) in [6, 6.07) is 12.3. The Morgan fingerprint density at radius 3 is 2.83 bits per heavy atom. The first-order valence-electron chi connectivity index (χ1n) is 7.53. The van der Waals surface area contributed by atoms with Gasteiger partial charge in [0.1, 0.15) is 18.2 Å². The van der Waals surface area contributed by atoms with Crippen LogP contribution in [-0.4, -0.2) is 24.8 Å². The van der Waals surface area contributed by atoms with Crippen LogP contribution in [0.25, 0.3) is 0 Å². The smallest absolute Gasteiger partial charge is 0.230 e. The molecule has 0 bridgehead atoms. The Balaban J connectivity index is 1.63. The second-order valence-corrected chi connectivity index (χ2v) is 6.60. The first-order valence-corrected chi connectivity index (χ1v) is 9.06. The summed E-state index contributed by atoms with van der Waals surface area (Å²) < 4.78 is 19.2. The molecule has 0 saturated heterocycles. The zero-order chi connectivity index (χ0) is 17.4. The number of aryl methyl sites for hydroxylation is 1. The number of hydrogen-bond donors (Lipinski definition) is 1. The van der Waals surface area contributed by atoms with Crippen LogP contribution < -0.4 is 10.1 Å². The molecule has 2 rings (SSSR count). The second kappa shape index (κ2) is 9.55. The van der Waals surface area contributed by atoms with E-state index in [-0.39, 0.29) is 17.5 Å². The highest BCUT2D eigenvalue weighted by Gasteiger charge is 2.08. The van der Waals surface area contributed by atoms with Crippen LogP contribution in [0.5, 0.6) is 5.75 Å². The predicted octanol–water partition coefficient (Wildman–Crippen LogP) is 4.22. The van der Waals surface area contributed by atoms with E-state index in [1.165, 1.54) is 17.8 Å². The Morgan fingerprint density at radius 1 is 1.29 bits per heavy atom. The van der Waals surface area contributed by atoms with Gasteiger partial charge in [0.15, 0.2) is 0 Å². The van der Waals surface area contributed by atoms with Gasteiger partial charge >= 0.3 is 0 Å². The van der Waals surface area contributed by atoms with Gasteiger partial charge in [0.25, 0.3) is 0 Å². The standard InChI is InChI=1S/C18H19ClFNO2S/c1-13-4-2-5-14(10-13)23-9-8-21-18(22)12-24-11-15-16(19)6-3-7-17(15)20/h2-7,10H,8-9,11-12H2,1H3,(H,21,22). The molecule has 0 fully saturated rings. The molecule has 0 aliphatic heterocycles. The van der Waals surface area contributed by atoms with Crippen molar-refractivity contribution in [3.63, 3.8) is 0 Å². The van der Waals surface area contributed by atoms with Crippen molar-refractivity contribution in [1.82, 2.24) is 5.32 Å². The summed E-state index contributed by atoms with van der Waals surface area (Å²) in [6.45, 7) is 2.82.